The molecule has 0 fully saturated rings. The van der Waals surface area contributed by atoms with Gasteiger partial charge in [-0.1, -0.05) is 0 Å². The van der Waals surface area contributed by atoms with Crippen molar-refractivity contribution < 1.29 is 4.42 Å². The molecule has 6 nitrogen and oxygen atoms in total. The molecular weight excluding hydrogens is 250 g/mol. The van der Waals surface area contributed by atoms with Gasteiger partial charge in [0.25, 0.3) is 5.22 Å². The highest BCUT2D eigenvalue weighted by molar-refractivity contribution is 7.99. The molecule has 3 rings (SSSR count). The van der Waals surface area contributed by atoms with Gasteiger partial charge in [-0.3, -0.25) is 0 Å². The van der Waals surface area contributed by atoms with Crippen LogP contribution in [0.15, 0.2) is 33.3 Å². The highest BCUT2D eigenvalue weighted by Crippen LogP contribution is 2.29. The fourth-order valence-electron chi connectivity index (χ4n) is 1.56. The Balaban J connectivity index is 2.06. The SMILES string of the molecule is Cc1nc(Sc2nc(N)cn3ccnc23)oc1C. The monoisotopic (exact) mass is 261 g/mol. The van der Waals surface area contributed by atoms with Crippen LogP contribution >= 0.6 is 11.8 Å². The van der Waals surface area contributed by atoms with Crippen molar-refractivity contribution >= 4 is 23.2 Å². The number of oxazole rings is 1. The Labute approximate surface area is 107 Å². The van der Waals surface area contributed by atoms with E-state index in [1.807, 2.05) is 24.4 Å². The lowest BCUT2D eigenvalue weighted by atomic mass is 10.4. The minimum atomic E-state index is 0.433. The molecule has 18 heavy (non-hydrogen) atoms. The molecule has 0 radical (unpaired) electrons. The van der Waals surface area contributed by atoms with Crippen LogP contribution in [0.5, 0.6) is 0 Å². The molecule has 0 aliphatic heterocycles. The Hall–Kier alpha value is -2.02. The van der Waals surface area contributed by atoms with Crippen LogP contribution in [0.4, 0.5) is 5.82 Å². The van der Waals surface area contributed by atoms with E-state index in [1.54, 1.807) is 12.4 Å². The normalized spacial score (nSPS) is 11.2. The second kappa shape index (κ2) is 4.02. The number of rotatable bonds is 2. The first kappa shape index (κ1) is 11.1. The molecule has 7 heteroatoms. The van der Waals surface area contributed by atoms with Crippen molar-refractivity contribution in [3.8, 4) is 0 Å². The predicted molar refractivity (Wildman–Crippen MR) is 67.5 cm³/mol. The topological polar surface area (TPSA) is 82.2 Å². The number of anilines is 1. The van der Waals surface area contributed by atoms with Crippen molar-refractivity contribution in [1.29, 1.82) is 0 Å². The Bertz CT molecular complexity index is 698. The van der Waals surface area contributed by atoms with Gasteiger partial charge in [0.1, 0.15) is 11.6 Å². The third kappa shape index (κ3) is 1.82. The molecule has 3 heterocycles. The maximum atomic E-state index is 5.75. The number of nitrogens with two attached hydrogens (primary N) is 1. The second-order valence-corrected chi connectivity index (χ2v) is 4.79. The van der Waals surface area contributed by atoms with Crippen molar-refractivity contribution in [3.05, 3.63) is 30.0 Å². The van der Waals surface area contributed by atoms with Gasteiger partial charge in [-0.25, -0.2) is 15.0 Å². The molecule has 3 aromatic rings. The summed E-state index contributed by atoms with van der Waals surface area (Å²) in [4.78, 5) is 12.8. The Morgan fingerprint density at radius 2 is 2.17 bits per heavy atom. The van der Waals surface area contributed by atoms with Crippen LogP contribution in [0, 0.1) is 13.8 Å². The van der Waals surface area contributed by atoms with Gasteiger partial charge in [0.2, 0.25) is 0 Å². The molecule has 0 saturated heterocycles. The van der Waals surface area contributed by atoms with Gasteiger partial charge in [-0.2, -0.15) is 0 Å². The number of fused-ring (bicyclic) bond motifs is 1. The fourth-order valence-corrected chi connectivity index (χ4v) is 2.47. The van der Waals surface area contributed by atoms with E-state index < -0.39 is 0 Å². The summed E-state index contributed by atoms with van der Waals surface area (Å²) < 4.78 is 7.34. The zero-order valence-electron chi connectivity index (χ0n) is 9.91. The molecule has 0 bridgehead atoms. The van der Waals surface area contributed by atoms with Crippen molar-refractivity contribution in [1.82, 2.24) is 19.4 Å². The highest BCUT2D eigenvalue weighted by Gasteiger charge is 2.13. The summed E-state index contributed by atoms with van der Waals surface area (Å²) in [6.07, 6.45) is 5.24. The first-order valence-corrected chi connectivity index (χ1v) is 6.16. The van der Waals surface area contributed by atoms with E-state index in [1.165, 1.54) is 11.8 Å². The molecule has 0 aliphatic rings. The maximum Gasteiger partial charge on any atom is 0.262 e. The van der Waals surface area contributed by atoms with Gasteiger partial charge in [0, 0.05) is 12.4 Å². The number of aromatic nitrogens is 4. The zero-order chi connectivity index (χ0) is 12.7. The van der Waals surface area contributed by atoms with Crippen molar-refractivity contribution in [2.45, 2.75) is 24.1 Å². The van der Waals surface area contributed by atoms with Gasteiger partial charge < -0.3 is 14.6 Å². The minimum Gasteiger partial charge on any atom is -0.436 e. The fraction of sp³-hybridized carbons (Fsp3) is 0.182. The molecule has 0 spiro atoms. The summed E-state index contributed by atoms with van der Waals surface area (Å²) in [7, 11) is 0. The van der Waals surface area contributed by atoms with Crippen LogP contribution in [-0.2, 0) is 0 Å². The Morgan fingerprint density at radius 3 is 2.89 bits per heavy atom. The quantitative estimate of drug-likeness (QED) is 0.760. The molecule has 0 aromatic carbocycles. The lowest BCUT2D eigenvalue weighted by molar-refractivity contribution is 0.431. The predicted octanol–water partition coefficient (Wildman–Crippen LogP) is 2.07. The molecule has 0 aliphatic carbocycles. The summed E-state index contributed by atoms with van der Waals surface area (Å²) >= 11 is 1.32. The van der Waals surface area contributed by atoms with E-state index in [2.05, 4.69) is 15.0 Å². The van der Waals surface area contributed by atoms with E-state index >= 15 is 0 Å². The van der Waals surface area contributed by atoms with Crippen LogP contribution < -0.4 is 5.73 Å². The maximum absolute atomic E-state index is 5.75. The summed E-state index contributed by atoms with van der Waals surface area (Å²) in [6.45, 7) is 3.78. The molecule has 92 valence electrons. The second-order valence-electron chi connectivity index (χ2n) is 3.85. The van der Waals surface area contributed by atoms with Gasteiger partial charge in [-0.05, 0) is 25.6 Å². The minimum absolute atomic E-state index is 0.433. The van der Waals surface area contributed by atoms with Crippen LogP contribution in [0.1, 0.15) is 11.5 Å². The molecule has 0 saturated carbocycles. The first-order chi connectivity index (χ1) is 8.63. The summed E-state index contributed by atoms with van der Waals surface area (Å²) in [5.74, 6) is 1.24. The largest absolute Gasteiger partial charge is 0.436 e. The molecule has 0 unspecified atom stereocenters. The van der Waals surface area contributed by atoms with E-state index in [-0.39, 0.29) is 0 Å². The number of imidazole rings is 1. The van der Waals surface area contributed by atoms with Crippen molar-refractivity contribution in [3.63, 3.8) is 0 Å². The smallest absolute Gasteiger partial charge is 0.262 e. The summed E-state index contributed by atoms with van der Waals surface area (Å²) in [5.41, 5.74) is 7.36. The molecular formula is C11H11N5OS. The van der Waals surface area contributed by atoms with Gasteiger partial charge in [0.05, 0.1) is 11.9 Å². The van der Waals surface area contributed by atoms with Crippen molar-refractivity contribution in [2.24, 2.45) is 0 Å². The Kier molecular flexibility index (Phi) is 2.48. The van der Waals surface area contributed by atoms with Gasteiger partial charge in [-0.15, -0.1) is 0 Å². The molecule has 2 N–H and O–H groups in total. The van der Waals surface area contributed by atoms with E-state index in [0.29, 0.717) is 16.1 Å². The van der Waals surface area contributed by atoms with E-state index in [4.69, 9.17) is 10.2 Å². The molecule has 0 atom stereocenters. The average Bonchev–Trinajstić information content (AvgIpc) is 2.86. The number of nitrogens with zero attached hydrogens (tertiary/aromatic N) is 4. The van der Waals surface area contributed by atoms with Gasteiger partial charge >= 0.3 is 0 Å². The summed E-state index contributed by atoms with van der Waals surface area (Å²) in [6, 6.07) is 0. The lowest BCUT2D eigenvalue weighted by Gasteiger charge is -2.01. The van der Waals surface area contributed by atoms with Crippen molar-refractivity contribution in [2.75, 3.05) is 5.73 Å². The number of nitrogen functional groups attached to an aromatic ring is 1. The van der Waals surface area contributed by atoms with E-state index in [9.17, 15) is 0 Å². The van der Waals surface area contributed by atoms with Crippen LogP contribution in [-0.4, -0.2) is 19.4 Å². The molecule has 3 aromatic heterocycles. The van der Waals surface area contributed by atoms with Crippen LogP contribution in [0.25, 0.3) is 5.65 Å². The lowest BCUT2D eigenvalue weighted by Crippen LogP contribution is -1.97. The number of hydrogen-bond acceptors (Lipinski definition) is 6. The Morgan fingerprint density at radius 1 is 1.33 bits per heavy atom. The molecule has 0 amide bonds. The highest BCUT2D eigenvalue weighted by atomic mass is 32.2. The van der Waals surface area contributed by atoms with E-state index in [0.717, 1.165) is 17.1 Å². The van der Waals surface area contributed by atoms with Gasteiger partial charge in [0.15, 0.2) is 10.7 Å². The zero-order valence-corrected chi connectivity index (χ0v) is 10.7. The average molecular weight is 261 g/mol. The third-order valence-corrected chi connectivity index (χ3v) is 3.37. The van der Waals surface area contributed by atoms with Crippen LogP contribution in [0.2, 0.25) is 0 Å². The van der Waals surface area contributed by atoms with Crippen LogP contribution in [0.3, 0.4) is 0 Å². The third-order valence-electron chi connectivity index (χ3n) is 2.55. The number of aryl methyl sites for hydroxylation is 2. The first-order valence-electron chi connectivity index (χ1n) is 5.34. The summed E-state index contributed by atoms with van der Waals surface area (Å²) in [5, 5.41) is 1.23. The number of hydrogen-bond donors (Lipinski definition) is 1. The standard InChI is InChI=1S/C11H11N5OS/c1-6-7(2)17-11(14-6)18-10-9-13-3-4-16(9)5-8(12)15-10/h3-5H,12H2,1-2H3.